The summed E-state index contributed by atoms with van der Waals surface area (Å²) < 4.78 is 0. The van der Waals surface area contributed by atoms with Gasteiger partial charge in [0.2, 0.25) is 0 Å². The summed E-state index contributed by atoms with van der Waals surface area (Å²) in [4.78, 5) is 0. The molecule has 2 nitrogen and oxygen atoms in total. The number of hydrogen-bond acceptors (Lipinski definition) is 2. The third kappa shape index (κ3) is 4.05. The van der Waals surface area contributed by atoms with E-state index in [4.69, 9.17) is 16.0 Å². The van der Waals surface area contributed by atoms with Gasteiger partial charge in [-0.3, -0.25) is 0 Å². The van der Waals surface area contributed by atoms with E-state index < -0.39 is 0 Å². The first-order valence-electron chi connectivity index (χ1n) is 1.78. The van der Waals surface area contributed by atoms with Crippen LogP contribution in [0.15, 0.2) is 0 Å². The Hall–Kier alpha value is 0.0499. The molecular formula is C2H6B2N2-2. The Morgan fingerprint density at radius 2 is 1.33 bits per heavy atom. The van der Waals surface area contributed by atoms with Crippen molar-refractivity contribution in [2.75, 3.05) is 13.1 Å². The fourth-order valence-electron chi connectivity index (χ4n) is 0.144. The van der Waals surface area contributed by atoms with Crippen LogP contribution >= 0.6 is 0 Å². The molecule has 0 aliphatic rings. The summed E-state index contributed by atoms with van der Waals surface area (Å²) in [6, 6.07) is 0. The van der Waals surface area contributed by atoms with Crippen molar-refractivity contribution in [2.45, 2.75) is 0 Å². The first-order chi connectivity index (χ1) is 2.91. The quantitative estimate of drug-likeness (QED) is 0.313. The Morgan fingerprint density at radius 1 is 1.00 bits per heavy atom. The second-order valence-electron chi connectivity index (χ2n) is 0.908. The largest absolute Gasteiger partial charge is 0.592 e. The van der Waals surface area contributed by atoms with Crippen molar-refractivity contribution < 1.29 is 0 Å². The summed E-state index contributed by atoms with van der Waals surface area (Å²) in [5.41, 5.74) is 0. The zero-order valence-corrected chi connectivity index (χ0v) is 3.57. The van der Waals surface area contributed by atoms with Crippen molar-refractivity contribution in [3.63, 3.8) is 0 Å². The minimum atomic E-state index is 0.705. The topological polar surface area (TPSA) is 24.1 Å². The van der Waals surface area contributed by atoms with Gasteiger partial charge in [0.05, 0.1) is 0 Å². The van der Waals surface area contributed by atoms with Crippen LogP contribution in [0.5, 0.6) is 0 Å². The molecule has 6 heavy (non-hydrogen) atoms. The molecule has 0 aromatic rings. The summed E-state index contributed by atoms with van der Waals surface area (Å²) in [7, 11) is 9.74. The van der Waals surface area contributed by atoms with E-state index in [-0.39, 0.29) is 0 Å². The first kappa shape index (κ1) is 6.05. The van der Waals surface area contributed by atoms with Gasteiger partial charge in [0.15, 0.2) is 0 Å². The zero-order chi connectivity index (χ0) is 4.83. The highest BCUT2D eigenvalue weighted by Gasteiger charge is 1.56. The molecule has 0 bridgehead atoms. The van der Waals surface area contributed by atoms with Gasteiger partial charge in [-0.1, -0.05) is 0 Å². The fraction of sp³-hybridized carbons (Fsp3) is 1.00. The van der Waals surface area contributed by atoms with Crippen LogP contribution in [0.4, 0.5) is 0 Å². The number of hydrogen-bond donors (Lipinski definition) is 2. The smallest absolute Gasteiger partial charge is 0.0385 e. The van der Waals surface area contributed by atoms with Crippen molar-refractivity contribution in [1.29, 1.82) is 0 Å². The van der Waals surface area contributed by atoms with E-state index in [2.05, 4.69) is 10.5 Å². The minimum Gasteiger partial charge on any atom is -0.592 e. The van der Waals surface area contributed by atoms with Gasteiger partial charge in [-0.05, 0) is 13.1 Å². The molecule has 0 aliphatic heterocycles. The van der Waals surface area contributed by atoms with Crippen LogP contribution in [0.25, 0.3) is 0 Å². The molecule has 0 amide bonds. The molecule has 4 heteroatoms. The molecule has 2 N–H and O–H groups in total. The van der Waals surface area contributed by atoms with Crippen LogP contribution in [0.3, 0.4) is 0 Å². The van der Waals surface area contributed by atoms with Crippen LogP contribution in [0.2, 0.25) is 0 Å². The van der Waals surface area contributed by atoms with Crippen molar-refractivity contribution >= 4 is 16.0 Å². The summed E-state index contributed by atoms with van der Waals surface area (Å²) in [6.45, 7) is 1.41. The lowest BCUT2D eigenvalue weighted by molar-refractivity contribution is 0.856. The Balaban J connectivity index is 2.34. The maximum Gasteiger partial charge on any atom is -0.0385 e. The van der Waals surface area contributed by atoms with Crippen LogP contribution in [-0.2, 0) is 0 Å². The monoisotopic (exact) mass is 80.1 g/mol. The molecule has 0 atom stereocenters. The van der Waals surface area contributed by atoms with E-state index in [1.807, 2.05) is 0 Å². The molecule has 0 unspecified atom stereocenters. The van der Waals surface area contributed by atoms with Gasteiger partial charge < -0.3 is 26.4 Å². The molecule has 0 saturated heterocycles. The maximum absolute atomic E-state index is 4.87. The molecule has 0 heterocycles. The lowest BCUT2D eigenvalue weighted by Crippen LogP contribution is -2.23. The predicted octanol–water partition coefficient (Wildman–Crippen LogP) is -1.67. The van der Waals surface area contributed by atoms with Gasteiger partial charge in [0, 0.05) is 0 Å². The van der Waals surface area contributed by atoms with Crippen molar-refractivity contribution in [3.05, 3.63) is 0 Å². The molecule has 32 valence electrons. The zero-order valence-electron chi connectivity index (χ0n) is 3.57. The molecule has 0 rings (SSSR count). The Kier molecular flexibility index (Phi) is 5.09. The van der Waals surface area contributed by atoms with E-state index in [0.29, 0.717) is 13.1 Å². The average Bonchev–Trinajstić information content (AvgIpc) is 1.61. The highest BCUT2D eigenvalue weighted by atomic mass is 14.8. The van der Waals surface area contributed by atoms with Gasteiger partial charge in [-0.2, -0.15) is 0 Å². The van der Waals surface area contributed by atoms with Crippen LogP contribution in [-0.4, -0.2) is 29.1 Å². The van der Waals surface area contributed by atoms with E-state index in [9.17, 15) is 0 Å². The Labute approximate surface area is 40.6 Å². The minimum absolute atomic E-state index is 0.705. The van der Waals surface area contributed by atoms with Crippen molar-refractivity contribution in [3.8, 4) is 0 Å². The molecule has 0 aromatic heterocycles. The predicted molar refractivity (Wildman–Crippen MR) is 27.5 cm³/mol. The molecular weight excluding hydrogens is 73.7 g/mol. The van der Waals surface area contributed by atoms with E-state index in [1.165, 1.54) is 0 Å². The number of rotatable bonds is 3. The third-order valence-electron chi connectivity index (χ3n) is 0.414. The molecule has 0 aromatic carbocycles. The highest BCUT2D eigenvalue weighted by molar-refractivity contribution is 6.05. The molecule has 0 spiro atoms. The van der Waals surface area contributed by atoms with Crippen LogP contribution in [0, 0.1) is 0 Å². The molecule has 6 radical (unpaired) electrons. The van der Waals surface area contributed by atoms with Crippen LogP contribution < -0.4 is 10.5 Å². The first-order valence-corrected chi connectivity index (χ1v) is 1.78. The van der Waals surface area contributed by atoms with Gasteiger partial charge >= 0.3 is 0 Å². The van der Waals surface area contributed by atoms with Gasteiger partial charge in [0.1, 0.15) is 0 Å². The lowest BCUT2D eigenvalue weighted by atomic mass is 10.3. The molecule has 0 fully saturated rings. The summed E-state index contributed by atoms with van der Waals surface area (Å²) in [5.74, 6) is 0. The summed E-state index contributed by atoms with van der Waals surface area (Å²) in [5, 5.41) is 4.85. The normalized spacial score (nSPS) is 9.00. The van der Waals surface area contributed by atoms with Crippen LogP contribution in [0.1, 0.15) is 0 Å². The van der Waals surface area contributed by atoms with E-state index in [1.54, 1.807) is 0 Å². The SMILES string of the molecule is [B-]NCCN[B-]. The highest BCUT2D eigenvalue weighted by Crippen LogP contribution is 1.43. The van der Waals surface area contributed by atoms with Gasteiger partial charge in [-0.25, -0.2) is 0 Å². The second kappa shape index (κ2) is 5.05. The van der Waals surface area contributed by atoms with Gasteiger partial charge in [0.25, 0.3) is 0 Å². The summed E-state index contributed by atoms with van der Waals surface area (Å²) in [6.07, 6.45) is 0. The second-order valence-corrected chi connectivity index (χ2v) is 0.908. The van der Waals surface area contributed by atoms with Crippen molar-refractivity contribution in [2.24, 2.45) is 0 Å². The lowest BCUT2D eigenvalue weighted by Gasteiger charge is -2.13. The fourth-order valence-corrected chi connectivity index (χ4v) is 0.144. The Morgan fingerprint density at radius 3 is 1.50 bits per heavy atom. The standard InChI is InChI=1S/C2H6B2N2/c3-5-1-2-6-4/h5-6H,1-2H2/q-2. The van der Waals surface area contributed by atoms with E-state index in [0.717, 1.165) is 0 Å². The van der Waals surface area contributed by atoms with Gasteiger partial charge in [-0.15, -0.1) is 0 Å². The maximum atomic E-state index is 4.87. The molecule has 0 saturated carbocycles. The third-order valence-corrected chi connectivity index (χ3v) is 0.414. The number of nitrogens with one attached hydrogen (secondary N) is 2. The Bertz CT molecular complexity index is 21.5. The van der Waals surface area contributed by atoms with Crippen molar-refractivity contribution in [1.82, 2.24) is 10.5 Å². The molecule has 0 aliphatic carbocycles. The average molecular weight is 79.7 g/mol. The summed E-state index contributed by atoms with van der Waals surface area (Å²) >= 11 is 0. The van der Waals surface area contributed by atoms with E-state index >= 15 is 0 Å².